The average Bonchev–Trinajstić information content (AvgIpc) is 2.37. The number of terminal acetylenes is 1. The Bertz CT molecular complexity index is 556. The fourth-order valence-corrected chi connectivity index (χ4v) is 3.29. The van der Waals surface area contributed by atoms with Crippen molar-refractivity contribution in [2.45, 2.75) is 52.2 Å². The van der Waals surface area contributed by atoms with E-state index in [1.54, 1.807) is 12.1 Å². The zero-order valence-corrected chi connectivity index (χ0v) is 15.0. The Morgan fingerprint density at radius 2 is 1.70 bits per heavy atom. The second-order valence-electron chi connectivity index (χ2n) is 6.54. The van der Waals surface area contributed by atoms with Crippen LogP contribution in [0, 0.1) is 17.8 Å². The van der Waals surface area contributed by atoms with Gasteiger partial charge in [0.15, 0.2) is 0 Å². The summed E-state index contributed by atoms with van der Waals surface area (Å²) in [5.74, 6) is 1.69. The van der Waals surface area contributed by atoms with E-state index in [1.807, 2.05) is 33.9 Å². The van der Waals surface area contributed by atoms with Gasteiger partial charge in [-0.1, -0.05) is 44.9 Å². The highest BCUT2D eigenvalue weighted by Gasteiger charge is 2.37. The van der Waals surface area contributed by atoms with Crippen LogP contribution in [0.3, 0.4) is 0 Å². The summed E-state index contributed by atoms with van der Waals surface area (Å²) in [6.07, 6.45) is 0.481. The summed E-state index contributed by atoms with van der Waals surface area (Å²) in [6, 6.07) is 5.97. The van der Waals surface area contributed by atoms with Crippen molar-refractivity contribution in [2.24, 2.45) is 5.41 Å². The zero-order chi connectivity index (χ0) is 17.8. The maximum Gasteiger partial charge on any atom is 0.573 e. The van der Waals surface area contributed by atoms with Crippen molar-refractivity contribution < 1.29 is 22.3 Å². The Labute approximate surface area is 137 Å². The summed E-state index contributed by atoms with van der Waals surface area (Å²) in [6.45, 7) is 9.81. The molecule has 127 valence electrons. The van der Waals surface area contributed by atoms with Gasteiger partial charge in [-0.05, 0) is 24.6 Å². The van der Waals surface area contributed by atoms with Gasteiger partial charge in [0.05, 0.1) is 12.0 Å². The number of hydrogen-bond donors (Lipinski definition) is 0. The molecule has 2 atom stereocenters. The number of hydrogen-bond acceptors (Lipinski definition) is 2. The minimum absolute atomic E-state index is 0.276. The Balaban J connectivity index is 3.31. The number of alkyl halides is 3. The van der Waals surface area contributed by atoms with Gasteiger partial charge in [0.1, 0.15) is 5.75 Å². The molecule has 2 unspecified atom stereocenters. The lowest BCUT2D eigenvalue weighted by Gasteiger charge is -2.36. The van der Waals surface area contributed by atoms with Crippen molar-refractivity contribution >= 4 is 9.04 Å². The van der Waals surface area contributed by atoms with Crippen molar-refractivity contribution in [2.75, 3.05) is 0 Å². The highest BCUT2D eigenvalue weighted by molar-refractivity contribution is 6.48. The van der Waals surface area contributed by atoms with Gasteiger partial charge in [0, 0.05) is 5.56 Å². The number of benzene rings is 1. The molecule has 1 aromatic carbocycles. The van der Waals surface area contributed by atoms with E-state index in [-0.39, 0.29) is 11.2 Å². The minimum Gasteiger partial charge on any atom is -0.412 e. The first kappa shape index (κ1) is 19.6. The number of para-hydroxylation sites is 1. The molecule has 2 nitrogen and oxygen atoms in total. The summed E-state index contributed by atoms with van der Waals surface area (Å²) in [5.41, 5.74) is -0.0138. The molecule has 0 bridgehead atoms. The van der Waals surface area contributed by atoms with E-state index in [0.717, 1.165) is 0 Å². The molecule has 1 rings (SSSR count). The number of halogens is 3. The summed E-state index contributed by atoms with van der Waals surface area (Å²) in [4.78, 5) is 0. The molecule has 0 saturated heterocycles. The van der Waals surface area contributed by atoms with Crippen LogP contribution in [0.2, 0.25) is 13.1 Å². The third-order valence-electron chi connectivity index (χ3n) is 3.18. The molecule has 0 saturated carbocycles. The van der Waals surface area contributed by atoms with Crippen molar-refractivity contribution in [1.82, 2.24) is 0 Å². The second kappa shape index (κ2) is 7.41. The van der Waals surface area contributed by atoms with E-state index in [1.165, 1.54) is 12.1 Å². The van der Waals surface area contributed by atoms with Gasteiger partial charge >= 0.3 is 6.36 Å². The van der Waals surface area contributed by atoms with Crippen LogP contribution >= 0.6 is 0 Å². The molecule has 0 aliphatic carbocycles. The standard InChI is InChI=1S/C17H22F3O2Si/c1-7-12(15(16(2,3)4)22-23(5)6)13-10-8-9-11-14(13)21-17(18,19)20/h1,8-12,15H,2-6H3. The van der Waals surface area contributed by atoms with Crippen LogP contribution in [0.5, 0.6) is 5.75 Å². The third kappa shape index (κ3) is 5.92. The summed E-state index contributed by atoms with van der Waals surface area (Å²) in [5, 5.41) is 0. The minimum atomic E-state index is -4.77. The SMILES string of the molecule is C#CC(c1ccccc1OC(F)(F)F)C(O[Si](C)C)C(C)(C)C. The first-order chi connectivity index (χ1) is 10.5. The van der Waals surface area contributed by atoms with Gasteiger partial charge in [0.25, 0.3) is 0 Å². The molecular weight excluding hydrogens is 321 g/mol. The first-order valence-corrected chi connectivity index (χ1v) is 9.64. The molecule has 1 aromatic rings. The third-order valence-corrected chi connectivity index (χ3v) is 3.90. The maximum absolute atomic E-state index is 12.6. The summed E-state index contributed by atoms with van der Waals surface area (Å²) >= 11 is 0. The highest BCUT2D eigenvalue weighted by Crippen LogP contribution is 2.39. The molecule has 1 radical (unpaired) electrons. The van der Waals surface area contributed by atoms with Gasteiger partial charge in [-0.3, -0.25) is 0 Å². The lowest BCUT2D eigenvalue weighted by molar-refractivity contribution is -0.275. The molecule has 0 N–H and O–H groups in total. The first-order valence-electron chi connectivity index (χ1n) is 7.23. The largest absolute Gasteiger partial charge is 0.573 e. The van der Waals surface area contributed by atoms with Crippen LogP contribution in [-0.4, -0.2) is 21.5 Å². The van der Waals surface area contributed by atoms with Crippen molar-refractivity contribution in [3.63, 3.8) is 0 Å². The van der Waals surface area contributed by atoms with Crippen molar-refractivity contribution in [3.05, 3.63) is 29.8 Å². The monoisotopic (exact) mass is 343 g/mol. The van der Waals surface area contributed by atoms with Gasteiger partial charge in [0.2, 0.25) is 9.04 Å². The van der Waals surface area contributed by atoms with Crippen LogP contribution in [-0.2, 0) is 4.43 Å². The summed E-state index contributed by atoms with van der Waals surface area (Å²) in [7, 11) is -1.08. The molecule has 0 aromatic heterocycles. The molecule has 0 aliphatic rings. The molecular formula is C17H22F3O2Si. The second-order valence-corrected chi connectivity index (χ2v) is 8.59. The average molecular weight is 343 g/mol. The van der Waals surface area contributed by atoms with E-state index in [9.17, 15) is 13.2 Å². The predicted octanol–water partition coefficient (Wildman–Crippen LogP) is 4.98. The zero-order valence-electron chi connectivity index (χ0n) is 14.0. The fourth-order valence-electron chi connectivity index (χ4n) is 2.29. The molecule has 23 heavy (non-hydrogen) atoms. The maximum atomic E-state index is 12.6. The molecule has 0 heterocycles. The quantitative estimate of drug-likeness (QED) is 0.554. The van der Waals surface area contributed by atoms with E-state index in [0.29, 0.717) is 5.56 Å². The lowest BCUT2D eigenvalue weighted by Crippen LogP contribution is -2.38. The van der Waals surface area contributed by atoms with E-state index < -0.39 is 27.4 Å². The Kier molecular flexibility index (Phi) is 6.31. The molecule has 0 aliphatic heterocycles. The topological polar surface area (TPSA) is 18.5 Å². The fraction of sp³-hybridized carbons (Fsp3) is 0.529. The molecule has 6 heteroatoms. The molecule has 0 amide bonds. The predicted molar refractivity (Wildman–Crippen MR) is 86.5 cm³/mol. The lowest BCUT2D eigenvalue weighted by atomic mass is 9.78. The smallest absolute Gasteiger partial charge is 0.412 e. The van der Waals surface area contributed by atoms with Crippen LogP contribution < -0.4 is 4.74 Å². The van der Waals surface area contributed by atoms with Crippen LogP contribution in [0.1, 0.15) is 32.3 Å². The number of ether oxygens (including phenoxy) is 1. The van der Waals surface area contributed by atoms with Gasteiger partial charge in [-0.15, -0.1) is 19.6 Å². The van der Waals surface area contributed by atoms with E-state index >= 15 is 0 Å². The van der Waals surface area contributed by atoms with Crippen molar-refractivity contribution in [1.29, 1.82) is 0 Å². The Morgan fingerprint density at radius 3 is 2.13 bits per heavy atom. The molecule has 0 fully saturated rings. The Morgan fingerprint density at radius 1 is 1.13 bits per heavy atom. The molecule has 0 spiro atoms. The van der Waals surface area contributed by atoms with Crippen LogP contribution in [0.4, 0.5) is 13.2 Å². The van der Waals surface area contributed by atoms with Crippen molar-refractivity contribution in [3.8, 4) is 18.1 Å². The van der Waals surface area contributed by atoms with Gasteiger partial charge < -0.3 is 9.16 Å². The van der Waals surface area contributed by atoms with E-state index in [4.69, 9.17) is 10.8 Å². The van der Waals surface area contributed by atoms with Gasteiger partial charge in [-0.2, -0.15) is 0 Å². The van der Waals surface area contributed by atoms with Gasteiger partial charge in [-0.25, -0.2) is 0 Å². The summed E-state index contributed by atoms with van der Waals surface area (Å²) < 4.78 is 48.1. The normalized spacial score (nSPS) is 15.1. The van der Waals surface area contributed by atoms with Crippen LogP contribution in [0.15, 0.2) is 24.3 Å². The highest BCUT2D eigenvalue weighted by atomic mass is 28.3. The van der Waals surface area contributed by atoms with Crippen LogP contribution in [0.25, 0.3) is 0 Å². The Hall–Kier alpha value is -1.45. The number of rotatable bonds is 5. The van der Waals surface area contributed by atoms with E-state index in [2.05, 4.69) is 10.7 Å².